The molecular formula is C21H21ClFN3O4S2. The van der Waals surface area contributed by atoms with E-state index in [1.807, 2.05) is 10.3 Å². The number of ether oxygens (including phenoxy) is 2. The van der Waals surface area contributed by atoms with Gasteiger partial charge in [0, 0.05) is 43.2 Å². The van der Waals surface area contributed by atoms with E-state index in [1.54, 1.807) is 12.1 Å². The first-order chi connectivity index (χ1) is 15.3. The molecule has 11 heteroatoms. The second-order valence-electron chi connectivity index (χ2n) is 7.05. The summed E-state index contributed by atoms with van der Waals surface area (Å²) in [7, 11) is -0.707. The van der Waals surface area contributed by atoms with Crippen molar-refractivity contribution in [2.24, 2.45) is 0 Å². The monoisotopic (exact) mass is 497 g/mol. The van der Waals surface area contributed by atoms with Gasteiger partial charge in [-0.05, 0) is 24.3 Å². The summed E-state index contributed by atoms with van der Waals surface area (Å²) in [4.78, 5) is 6.78. The van der Waals surface area contributed by atoms with Gasteiger partial charge < -0.3 is 14.4 Å². The number of anilines is 1. The average Bonchev–Trinajstić information content (AvgIpc) is 3.30. The molecule has 0 N–H and O–H groups in total. The third kappa shape index (κ3) is 4.40. The Morgan fingerprint density at radius 1 is 1.03 bits per heavy atom. The third-order valence-electron chi connectivity index (χ3n) is 5.21. The summed E-state index contributed by atoms with van der Waals surface area (Å²) < 4.78 is 51.8. The van der Waals surface area contributed by atoms with Crippen molar-refractivity contribution < 1.29 is 22.3 Å². The van der Waals surface area contributed by atoms with E-state index < -0.39 is 15.8 Å². The van der Waals surface area contributed by atoms with Crippen molar-refractivity contribution in [3.8, 4) is 22.8 Å². The van der Waals surface area contributed by atoms with Crippen LogP contribution in [-0.2, 0) is 10.0 Å². The molecule has 0 amide bonds. The maximum Gasteiger partial charge on any atom is 0.243 e. The Labute approximate surface area is 195 Å². The number of rotatable bonds is 6. The van der Waals surface area contributed by atoms with Crippen molar-refractivity contribution in [3.05, 3.63) is 52.6 Å². The highest BCUT2D eigenvalue weighted by molar-refractivity contribution is 7.89. The second-order valence-corrected chi connectivity index (χ2v) is 10.2. The van der Waals surface area contributed by atoms with Crippen LogP contribution in [0.4, 0.5) is 9.52 Å². The van der Waals surface area contributed by atoms with Crippen LogP contribution in [0.3, 0.4) is 0 Å². The molecule has 0 saturated carbocycles. The zero-order chi connectivity index (χ0) is 22.9. The maximum absolute atomic E-state index is 13.8. The van der Waals surface area contributed by atoms with Gasteiger partial charge in [0.25, 0.3) is 0 Å². The fourth-order valence-corrected chi connectivity index (χ4v) is 5.89. The number of halogens is 2. The molecule has 0 spiro atoms. The van der Waals surface area contributed by atoms with Gasteiger partial charge in [-0.25, -0.2) is 17.8 Å². The number of thiazole rings is 1. The van der Waals surface area contributed by atoms with Crippen molar-refractivity contribution in [3.63, 3.8) is 0 Å². The van der Waals surface area contributed by atoms with E-state index >= 15 is 0 Å². The summed E-state index contributed by atoms with van der Waals surface area (Å²) in [5, 5.41) is 2.68. The highest BCUT2D eigenvalue weighted by Gasteiger charge is 2.30. The fourth-order valence-electron chi connectivity index (χ4n) is 3.44. The molecule has 1 aliphatic heterocycles. The van der Waals surface area contributed by atoms with E-state index in [4.69, 9.17) is 21.1 Å². The lowest BCUT2D eigenvalue weighted by atomic mass is 10.2. The highest BCUT2D eigenvalue weighted by Crippen LogP contribution is 2.32. The Morgan fingerprint density at radius 3 is 2.41 bits per heavy atom. The molecule has 2 heterocycles. The van der Waals surface area contributed by atoms with Gasteiger partial charge in [-0.2, -0.15) is 4.31 Å². The van der Waals surface area contributed by atoms with E-state index in [1.165, 1.54) is 54.1 Å². The number of methoxy groups -OCH3 is 2. The molecular weight excluding hydrogens is 477 g/mol. The molecule has 0 aliphatic carbocycles. The number of sulfonamides is 1. The SMILES string of the molecule is COc1ccc(S(=O)(=O)N2CCN(c3nc(-c4ccc(Cl)c(F)c4)cs3)CC2)cc1OC. The topological polar surface area (TPSA) is 72.0 Å². The highest BCUT2D eigenvalue weighted by atomic mass is 35.5. The Kier molecular flexibility index (Phi) is 6.57. The van der Waals surface area contributed by atoms with Crippen molar-refractivity contribution in [2.75, 3.05) is 45.3 Å². The predicted octanol–water partition coefficient (Wildman–Crippen LogP) is 4.13. The van der Waals surface area contributed by atoms with Crippen LogP contribution < -0.4 is 14.4 Å². The molecule has 1 aliphatic rings. The van der Waals surface area contributed by atoms with Crippen molar-refractivity contribution in [1.29, 1.82) is 0 Å². The zero-order valence-corrected chi connectivity index (χ0v) is 19.8. The molecule has 2 aromatic carbocycles. The molecule has 0 atom stereocenters. The van der Waals surface area contributed by atoms with Crippen molar-refractivity contribution in [2.45, 2.75) is 4.90 Å². The summed E-state index contributed by atoms with van der Waals surface area (Å²) in [5.74, 6) is 0.338. The van der Waals surface area contributed by atoms with Crippen LogP contribution in [0.5, 0.6) is 11.5 Å². The Hall–Kier alpha value is -2.40. The first-order valence-electron chi connectivity index (χ1n) is 9.71. The fraction of sp³-hybridized carbons (Fsp3) is 0.286. The van der Waals surface area contributed by atoms with Crippen LogP contribution in [0.1, 0.15) is 0 Å². The quantitative estimate of drug-likeness (QED) is 0.510. The Balaban J connectivity index is 1.46. The predicted molar refractivity (Wildman–Crippen MR) is 123 cm³/mol. The van der Waals surface area contributed by atoms with E-state index in [0.717, 1.165) is 5.13 Å². The van der Waals surface area contributed by atoms with E-state index in [0.29, 0.717) is 48.9 Å². The largest absolute Gasteiger partial charge is 0.493 e. The van der Waals surface area contributed by atoms with Crippen LogP contribution >= 0.6 is 22.9 Å². The van der Waals surface area contributed by atoms with E-state index in [-0.39, 0.29) is 9.92 Å². The molecule has 32 heavy (non-hydrogen) atoms. The van der Waals surface area contributed by atoms with Gasteiger partial charge in [-0.1, -0.05) is 17.7 Å². The number of aromatic nitrogens is 1. The Bertz CT molecular complexity index is 1230. The lowest BCUT2D eigenvalue weighted by Crippen LogP contribution is -2.48. The number of nitrogens with zero attached hydrogens (tertiary/aromatic N) is 3. The molecule has 1 aromatic heterocycles. The standard InChI is InChI=1S/C21H21ClFN3O4S2/c1-29-19-6-4-15(12-20(19)30-2)32(27,28)26-9-7-25(8-10-26)21-24-18(13-31-21)14-3-5-16(22)17(23)11-14/h3-6,11-13H,7-10H2,1-2H3. The van der Waals surface area contributed by atoms with Crippen LogP contribution in [0.2, 0.25) is 5.02 Å². The number of hydrogen-bond acceptors (Lipinski definition) is 7. The van der Waals surface area contributed by atoms with Crippen LogP contribution in [0.15, 0.2) is 46.7 Å². The van der Waals surface area contributed by atoms with E-state index in [2.05, 4.69) is 4.98 Å². The molecule has 170 valence electrons. The first-order valence-corrected chi connectivity index (χ1v) is 12.4. The second kappa shape index (κ2) is 9.22. The summed E-state index contributed by atoms with van der Waals surface area (Å²) in [6.45, 7) is 1.63. The normalized spacial score (nSPS) is 15.1. The van der Waals surface area contributed by atoms with Crippen LogP contribution in [0.25, 0.3) is 11.3 Å². The smallest absolute Gasteiger partial charge is 0.243 e. The van der Waals surface area contributed by atoms with Gasteiger partial charge in [0.2, 0.25) is 10.0 Å². The molecule has 7 nitrogen and oxygen atoms in total. The molecule has 0 bridgehead atoms. The van der Waals surface area contributed by atoms with Gasteiger partial charge >= 0.3 is 0 Å². The van der Waals surface area contributed by atoms with E-state index in [9.17, 15) is 12.8 Å². The molecule has 1 saturated heterocycles. The summed E-state index contributed by atoms with van der Waals surface area (Å²) in [5.41, 5.74) is 1.30. The summed E-state index contributed by atoms with van der Waals surface area (Å²) in [6, 6.07) is 9.15. The number of benzene rings is 2. The molecule has 0 radical (unpaired) electrons. The minimum Gasteiger partial charge on any atom is -0.493 e. The van der Waals surface area contributed by atoms with Crippen molar-refractivity contribution in [1.82, 2.24) is 9.29 Å². The molecule has 3 aromatic rings. The van der Waals surface area contributed by atoms with Gasteiger partial charge in [0.05, 0.1) is 29.8 Å². The molecule has 4 rings (SSSR count). The third-order valence-corrected chi connectivity index (χ3v) is 8.31. The molecule has 1 fully saturated rings. The maximum atomic E-state index is 13.8. The first kappa shape index (κ1) is 22.8. The summed E-state index contributed by atoms with van der Waals surface area (Å²) in [6.07, 6.45) is 0. The van der Waals surface area contributed by atoms with Crippen molar-refractivity contribution >= 4 is 38.1 Å². The van der Waals surface area contributed by atoms with Gasteiger partial charge in [-0.3, -0.25) is 0 Å². The lowest BCUT2D eigenvalue weighted by molar-refractivity contribution is 0.353. The number of piperazine rings is 1. The van der Waals surface area contributed by atoms with Gasteiger partial charge in [0.1, 0.15) is 5.82 Å². The van der Waals surface area contributed by atoms with Crippen LogP contribution in [0, 0.1) is 5.82 Å². The summed E-state index contributed by atoms with van der Waals surface area (Å²) >= 11 is 7.19. The Morgan fingerprint density at radius 2 is 1.75 bits per heavy atom. The van der Waals surface area contributed by atoms with Crippen LogP contribution in [-0.4, -0.2) is 58.1 Å². The minimum absolute atomic E-state index is 0.0658. The minimum atomic E-state index is -3.67. The lowest BCUT2D eigenvalue weighted by Gasteiger charge is -2.33. The molecule has 0 unspecified atom stereocenters. The van der Waals surface area contributed by atoms with Gasteiger partial charge in [-0.15, -0.1) is 11.3 Å². The number of hydrogen-bond donors (Lipinski definition) is 0. The zero-order valence-electron chi connectivity index (χ0n) is 17.4. The average molecular weight is 498 g/mol. The van der Waals surface area contributed by atoms with Gasteiger partial charge in [0.15, 0.2) is 16.6 Å².